The van der Waals surface area contributed by atoms with Crippen LogP contribution in [0, 0.1) is 0 Å². The van der Waals surface area contributed by atoms with Crippen molar-refractivity contribution in [2.75, 3.05) is 6.54 Å². The minimum Gasteiger partial charge on any atom is -0.435 e. The fraction of sp³-hybridized carbons (Fsp3) is 0.500. The lowest BCUT2D eigenvalue weighted by Crippen LogP contribution is -2.58. The topological polar surface area (TPSA) is 71.4 Å². The molecule has 7 heteroatoms. The van der Waals surface area contributed by atoms with Gasteiger partial charge in [0.2, 0.25) is 0 Å². The van der Waals surface area contributed by atoms with Gasteiger partial charge in [-0.05, 0) is 19.1 Å². The number of amides is 2. The number of rotatable bonds is 4. The molecule has 1 aromatic rings. The van der Waals surface area contributed by atoms with Gasteiger partial charge in [0.05, 0.1) is 22.2 Å². The molecule has 0 aromatic carbocycles. The van der Waals surface area contributed by atoms with Crippen LogP contribution >= 0.6 is 22.9 Å². The second-order valence-corrected chi connectivity index (χ2v) is 7.00. The molecule has 21 heavy (non-hydrogen) atoms. The zero-order valence-electron chi connectivity index (χ0n) is 11.7. The van der Waals surface area contributed by atoms with Gasteiger partial charge in [0.1, 0.15) is 6.04 Å². The third-order valence-corrected chi connectivity index (χ3v) is 5.36. The molecule has 0 aliphatic carbocycles. The number of thiophene rings is 1. The average Bonchev–Trinajstić information content (AvgIpc) is 3.02. The highest BCUT2D eigenvalue weighted by atomic mass is 35.5. The molecular weight excluding hydrogens is 314 g/mol. The smallest absolute Gasteiger partial charge is 0.435 e. The molecule has 1 unspecified atom stereocenters. The van der Waals surface area contributed by atoms with Gasteiger partial charge in [0.25, 0.3) is 0 Å². The molecule has 2 amide bonds. The molecule has 114 valence electrons. The summed E-state index contributed by atoms with van der Waals surface area (Å²) >= 11 is 6.94. The molecule has 2 rings (SSSR count). The summed E-state index contributed by atoms with van der Waals surface area (Å²) in [5.74, 6) is -0.556. The van der Waals surface area contributed by atoms with E-state index in [9.17, 15) is 19.5 Å². The number of imide groups is 1. The summed E-state index contributed by atoms with van der Waals surface area (Å²) in [6.45, 7) is 2.09. The van der Waals surface area contributed by atoms with E-state index in [1.807, 2.05) is 0 Å². The largest absolute Gasteiger partial charge is 0.521 e. The average molecular weight is 331 g/mol. The van der Waals surface area contributed by atoms with E-state index in [0.717, 1.165) is 0 Å². The van der Waals surface area contributed by atoms with Crippen LogP contribution in [0.1, 0.15) is 42.3 Å². The van der Waals surface area contributed by atoms with Gasteiger partial charge in [0.15, 0.2) is 5.78 Å². The zero-order valence-corrected chi connectivity index (χ0v) is 13.2. The van der Waals surface area contributed by atoms with Crippen LogP contribution in [0.5, 0.6) is 0 Å². The minimum absolute atomic E-state index is 0.0235. The molecule has 0 bridgehead atoms. The quantitative estimate of drug-likeness (QED) is 0.676. The van der Waals surface area contributed by atoms with Gasteiger partial charge in [-0.15, -0.1) is 11.3 Å². The molecule has 1 aliphatic rings. The van der Waals surface area contributed by atoms with E-state index in [4.69, 9.17) is 11.6 Å². The van der Waals surface area contributed by atoms with E-state index in [0.29, 0.717) is 28.6 Å². The third kappa shape index (κ3) is 3.02. The molecule has 5 nitrogen and oxygen atoms in total. The first-order chi connectivity index (χ1) is 9.87. The number of Topliss-reactive ketones (excluding diaryl/α,β-unsaturated/α-hetero) is 1. The first kappa shape index (κ1) is 16.1. The van der Waals surface area contributed by atoms with Crippen molar-refractivity contribution in [1.82, 2.24) is 0 Å². The van der Waals surface area contributed by atoms with Crippen LogP contribution in [0.2, 0.25) is 4.34 Å². The normalized spacial score (nSPS) is 25.0. The molecule has 0 saturated carbocycles. The lowest BCUT2D eigenvalue weighted by Gasteiger charge is -2.29. The highest BCUT2D eigenvalue weighted by Crippen LogP contribution is 2.30. The lowest BCUT2D eigenvalue weighted by molar-refractivity contribution is -0.792. The first-order valence-electron chi connectivity index (χ1n) is 6.81. The predicted octanol–water partition coefficient (Wildman–Crippen LogP) is 3.57. The van der Waals surface area contributed by atoms with Crippen LogP contribution in [-0.2, 0) is 4.79 Å². The summed E-state index contributed by atoms with van der Waals surface area (Å²) in [4.78, 5) is 36.4. The number of ketones is 1. The Bertz CT molecular complexity index is 585. The molecular formula is C14H17ClNO4S+. The summed E-state index contributed by atoms with van der Waals surface area (Å²) in [6.07, 6.45) is 0.289. The summed E-state index contributed by atoms with van der Waals surface area (Å²) < 4.78 is -0.0229. The second kappa shape index (κ2) is 6.25. The number of carbonyl (C=O) groups is 3. The number of nitrogens with zero attached hydrogens (tertiary/aromatic N) is 1. The van der Waals surface area contributed by atoms with Crippen molar-refractivity contribution in [3.63, 3.8) is 0 Å². The molecule has 1 aliphatic heterocycles. The SMILES string of the molecule is C[C@@H]1CCC[N+]1(C(=O)O)C(=O)CCC(=O)c1ccc(Cl)s1. The molecule has 2 heterocycles. The van der Waals surface area contributed by atoms with E-state index in [1.165, 1.54) is 11.3 Å². The Balaban J connectivity index is 2.04. The second-order valence-electron chi connectivity index (χ2n) is 5.29. The highest BCUT2D eigenvalue weighted by Gasteiger charge is 2.52. The van der Waals surface area contributed by atoms with Gasteiger partial charge in [-0.25, -0.2) is 4.79 Å². The number of quaternary nitrogens is 1. The van der Waals surface area contributed by atoms with Gasteiger partial charge in [-0.3, -0.25) is 4.79 Å². The number of likely N-dealkylation sites (tertiary alicyclic amines) is 1. The molecule has 0 radical (unpaired) electrons. The van der Waals surface area contributed by atoms with Gasteiger partial charge in [-0.1, -0.05) is 11.6 Å². The van der Waals surface area contributed by atoms with Crippen LogP contribution < -0.4 is 0 Å². The van der Waals surface area contributed by atoms with Crippen LogP contribution in [0.4, 0.5) is 4.79 Å². The Morgan fingerprint density at radius 3 is 2.57 bits per heavy atom. The first-order valence-corrected chi connectivity index (χ1v) is 8.00. The molecule has 1 saturated heterocycles. The van der Waals surface area contributed by atoms with Gasteiger partial charge >= 0.3 is 12.0 Å². The maximum atomic E-state index is 12.4. The Labute approximate surface area is 131 Å². The van der Waals surface area contributed by atoms with Crippen molar-refractivity contribution >= 4 is 40.7 Å². The van der Waals surface area contributed by atoms with E-state index in [2.05, 4.69) is 0 Å². The lowest BCUT2D eigenvalue weighted by atomic mass is 10.1. The van der Waals surface area contributed by atoms with Crippen LogP contribution in [0.3, 0.4) is 0 Å². The van der Waals surface area contributed by atoms with Crippen molar-refractivity contribution in [3.05, 3.63) is 21.3 Å². The van der Waals surface area contributed by atoms with Crippen LogP contribution in [-0.4, -0.2) is 40.0 Å². The summed E-state index contributed by atoms with van der Waals surface area (Å²) in [7, 11) is 0. The molecule has 2 atom stereocenters. The van der Waals surface area contributed by atoms with Gasteiger partial charge < -0.3 is 5.11 Å². The minimum atomic E-state index is -1.11. The zero-order chi connectivity index (χ0) is 15.6. The molecule has 1 aromatic heterocycles. The summed E-state index contributed by atoms with van der Waals surface area (Å²) in [5.41, 5.74) is 0. The van der Waals surface area contributed by atoms with Crippen molar-refractivity contribution < 1.29 is 24.0 Å². The Hall–Kier alpha value is -1.24. The summed E-state index contributed by atoms with van der Waals surface area (Å²) in [5, 5.41) is 9.44. The fourth-order valence-corrected chi connectivity index (χ4v) is 3.86. The van der Waals surface area contributed by atoms with Crippen molar-refractivity contribution in [1.29, 1.82) is 0 Å². The van der Waals surface area contributed by atoms with E-state index >= 15 is 0 Å². The Kier molecular flexibility index (Phi) is 4.81. The van der Waals surface area contributed by atoms with Gasteiger partial charge in [-0.2, -0.15) is 9.28 Å². The number of carbonyl (C=O) groups excluding carboxylic acids is 2. The van der Waals surface area contributed by atoms with E-state index in [1.54, 1.807) is 19.1 Å². The number of hydrogen-bond donors (Lipinski definition) is 1. The molecule has 1 fully saturated rings. The summed E-state index contributed by atoms with van der Waals surface area (Å²) in [6, 6.07) is 3.02. The molecule has 1 N–H and O–H groups in total. The monoisotopic (exact) mass is 330 g/mol. The van der Waals surface area contributed by atoms with E-state index < -0.39 is 10.6 Å². The van der Waals surface area contributed by atoms with Crippen molar-refractivity contribution in [2.24, 2.45) is 0 Å². The maximum Gasteiger partial charge on any atom is 0.521 e. The number of carboxylic acid groups (broad SMARTS) is 1. The Morgan fingerprint density at radius 2 is 2.10 bits per heavy atom. The Morgan fingerprint density at radius 1 is 1.38 bits per heavy atom. The van der Waals surface area contributed by atoms with Crippen molar-refractivity contribution in [3.8, 4) is 0 Å². The number of hydrogen-bond acceptors (Lipinski definition) is 4. The van der Waals surface area contributed by atoms with Crippen LogP contribution in [0.25, 0.3) is 0 Å². The third-order valence-electron chi connectivity index (χ3n) is 4.09. The highest BCUT2D eigenvalue weighted by molar-refractivity contribution is 7.18. The fourth-order valence-electron chi connectivity index (χ4n) is 2.85. The maximum absolute atomic E-state index is 12.4. The van der Waals surface area contributed by atoms with Crippen molar-refractivity contribution in [2.45, 2.75) is 38.6 Å². The standard InChI is InChI=1S/C14H16ClNO4S/c1-9-3-2-8-16(9,14(19)20)13(18)7-4-10(17)11-5-6-12(15)21-11/h5-6,9H,2-4,7-8H2,1H3/p+1/t9-,16?/m1/s1. The number of halogens is 1. The predicted molar refractivity (Wildman–Crippen MR) is 79.7 cm³/mol. The van der Waals surface area contributed by atoms with Crippen LogP contribution in [0.15, 0.2) is 12.1 Å². The van der Waals surface area contributed by atoms with E-state index in [-0.39, 0.29) is 30.6 Å². The van der Waals surface area contributed by atoms with Gasteiger partial charge in [0, 0.05) is 19.3 Å². The molecule has 0 spiro atoms.